The maximum Gasteiger partial charge on any atom is 0.181 e. The maximum atomic E-state index is 4.73. The molecule has 1 aliphatic heterocycles. The number of imidazole rings is 2. The lowest BCUT2D eigenvalue weighted by atomic mass is 9.91. The first-order valence-electron chi connectivity index (χ1n) is 10.2. The van der Waals surface area contributed by atoms with Crippen LogP contribution in [-0.4, -0.2) is 52.8 Å². The van der Waals surface area contributed by atoms with Crippen LogP contribution in [0.5, 0.6) is 0 Å². The fourth-order valence-corrected chi connectivity index (χ4v) is 4.26. The van der Waals surface area contributed by atoms with Crippen LogP contribution in [0.25, 0.3) is 39.4 Å². The van der Waals surface area contributed by atoms with E-state index in [9.17, 15) is 0 Å². The molecule has 0 aromatic carbocycles. The summed E-state index contributed by atoms with van der Waals surface area (Å²) in [7, 11) is 0. The van der Waals surface area contributed by atoms with Crippen molar-refractivity contribution in [3.8, 4) is 17.2 Å². The van der Waals surface area contributed by atoms with Crippen LogP contribution in [0.4, 0.5) is 0 Å². The van der Waals surface area contributed by atoms with E-state index in [4.69, 9.17) is 4.98 Å². The number of hydrogen-bond acceptors (Lipinski definition) is 6. The molecule has 6 heterocycles. The number of piperidine rings is 1. The molecule has 0 bridgehead atoms. The van der Waals surface area contributed by atoms with E-state index >= 15 is 0 Å². The number of pyridine rings is 2. The third-order valence-corrected chi connectivity index (χ3v) is 5.84. The maximum absolute atomic E-state index is 4.73. The average molecular weight is 399 g/mol. The van der Waals surface area contributed by atoms with Gasteiger partial charge in [0.2, 0.25) is 0 Å². The molecule has 0 spiro atoms. The number of rotatable bonds is 3. The van der Waals surface area contributed by atoms with Crippen LogP contribution in [0, 0.1) is 6.92 Å². The minimum absolute atomic E-state index is 0.527. The zero-order chi connectivity index (χ0) is 20.1. The van der Waals surface area contributed by atoms with Gasteiger partial charge >= 0.3 is 0 Å². The van der Waals surface area contributed by atoms with E-state index in [1.54, 1.807) is 12.5 Å². The number of H-pyrrole nitrogens is 2. The van der Waals surface area contributed by atoms with Crippen molar-refractivity contribution in [3.05, 3.63) is 48.3 Å². The van der Waals surface area contributed by atoms with Crippen molar-refractivity contribution in [1.82, 2.24) is 45.0 Å². The second kappa shape index (κ2) is 6.74. The number of nitrogens with one attached hydrogen (secondary N) is 3. The highest BCUT2D eigenvalue weighted by molar-refractivity contribution is 5.92. The SMILES string of the molecule is Cc1cn(-c2ccnc3nc(-c4[nH]nc5ncc(C6CCNCC6)cc45)[nH]c23)cn1. The molecule has 3 N–H and O–H groups in total. The fourth-order valence-electron chi connectivity index (χ4n) is 4.26. The first-order valence-corrected chi connectivity index (χ1v) is 10.2. The van der Waals surface area contributed by atoms with Gasteiger partial charge in [-0.05, 0) is 56.5 Å². The number of fused-ring (bicyclic) bond motifs is 2. The van der Waals surface area contributed by atoms with Crippen LogP contribution in [-0.2, 0) is 0 Å². The molecule has 1 saturated heterocycles. The summed E-state index contributed by atoms with van der Waals surface area (Å²) >= 11 is 0. The number of aromatic amines is 2. The van der Waals surface area contributed by atoms with Gasteiger partial charge in [0, 0.05) is 18.6 Å². The summed E-state index contributed by atoms with van der Waals surface area (Å²) in [6, 6.07) is 4.16. The Hall–Kier alpha value is -3.59. The Balaban J connectivity index is 1.47. The number of hydrogen-bond donors (Lipinski definition) is 3. The van der Waals surface area contributed by atoms with Gasteiger partial charge in [-0.2, -0.15) is 5.10 Å². The van der Waals surface area contributed by atoms with Gasteiger partial charge in [-0.3, -0.25) is 5.10 Å². The first kappa shape index (κ1) is 17.3. The van der Waals surface area contributed by atoms with Crippen molar-refractivity contribution in [3.63, 3.8) is 0 Å². The highest BCUT2D eigenvalue weighted by atomic mass is 15.2. The molecule has 9 heteroatoms. The zero-order valence-electron chi connectivity index (χ0n) is 16.6. The molecule has 0 radical (unpaired) electrons. The Morgan fingerprint density at radius 2 is 2.00 bits per heavy atom. The summed E-state index contributed by atoms with van der Waals surface area (Å²) in [6.07, 6.45) is 9.76. The van der Waals surface area contributed by atoms with Crippen molar-refractivity contribution in [2.45, 2.75) is 25.7 Å². The lowest BCUT2D eigenvalue weighted by Gasteiger charge is -2.22. The van der Waals surface area contributed by atoms with E-state index in [2.05, 4.69) is 41.5 Å². The molecule has 6 rings (SSSR count). The van der Waals surface area contributed by atoms with E-state index in [1.807, 2.05) is 30.0 Å². The third-order valence-electron chi connectivity index (χ3n) is 5.84. The lowest BCUT2D eigenvalue weighted by molar-refractivity contribution is 0.460. The summed E-state index contributed by atoms with van der Waals surface area (Å²) in [6.45, 7) is 4.07. The van der Waals surface area contributed by atoms with E-state index < -0.39 is 0 Å². The predicted octanol–water partition coefficient (Wildman–Crippen LogP) is 2.86. The molecule has 150 valence electrons. The third kappa shape index (κ3) is 2.78. The molecule has 9 nitrogen and oxygen atoms in total. The molecular formula is C21H21N9. The van der Waals surface area contributed by atoms with Crippen molar-refractivity contribution >= 4 is 22.2 Å². The summed E-state index contributed by atoms with van der Waals surface area (Å²) < 4.78 is 1.98. The Labute approximate surface area is 172 Å². The van der Waals surface area contributed by atoms with Crippen molar-refractivity contribution in [1.29, 1.82) is 0 Å². The largest absolute Gasteiger partial charge is 0.334 e. The molecule has 0 unspecified atom stereocenters. The Kier molecular flexibility index (Phi) is 3.88. The predicted molar refractivity (Wildman–Crippen MR) is 113 cm³/mol. The molecule has 5 aromatic rings. The summed E-state index contributed by atoms with van der Waals surface area (Å²) in [5.74, 6) is 1.23. The number of aromatic nitrogens is 8. The lowest BCUT2D eigenvalue weighted by Crippen LogP contribution is -2.26. The summed E-state index contributed by atoms with van der Waals surface area (Å²) in [4.78, 5) is 21.5. The van der Waals surface area contributed by atoms with Crippen LogP contribution in [0.1, 0.15) is 30.0 Å². The Bertz CT molecular complexity index is 1350. The molecule has 0 atom stereocenters. The molecular weight excluding hydrogens is 378 g/mol. The van der Waals surface area contributed by atoms with E-state index in [0.29, 0.717) is 23.0 Å². The normalized spacial score (nSPS) is 15.4. The quantitative estimate of drug-likeness (QED) is 0.430. The Morgan fingerprint density at radius 1 is 1.10 bits per heavy atom. The highest BCUT2D eigenvalue weighted by Crippen LogP contribution is 2.31. The van der Waals surface area contributed by atoms with Crippen LogP contribution in [0.3, 0.4) is 0 Å². The summed E-state index contributed by atoms with van der Waals surface area (Å²) in [5, 5.41) is 11.9. The van der Waals surface area contributed by atoms with E-state index in [1.165, 1.54) is 5.56 Å². The van der Waals surface area contributed by atoms with Gasteiger partial charge in [0.15, 0.2) is 17.1 Å². The van der Waals surface area contributed by atoms with Gasteiger partial charge < -0.3 is 14.9 Å². The average Bonchev–Trinajstić information content (AvgIpc) is 3.51. The van der Waals surface area contributed by atoms with Crippen molar-refractivity contribution in [2.24, 2.45) is 0 Å². The number of nitrogens with zero attached hydrogens (tertiary/aromatic N) is 6. The first-order chi connectivity index (χ1) is 14.8. The molecule has 0 saturated carbocycles. The topological polar surface area (TPSA) is 113 Å². The zero-order valence-corrected chi connectivity index (χ0v) is 16.6. The van der Waals surface area contributed by atoms with E-state index in [0.717, 1.165) is 53.9 Å². The van der Waals surface area contributed by atoms with Crippen LogP contribution < -0.4 is 5.32 Å². The minimum Gasteiger partial charge on any atom is -0.334 e. The Morgan fingerprint density at radius 3 is 2.83 bits per heavy atom. The van der Waals surface area contributed by atoms with Gasteiger partial charge in [-0.15, -0.1) is 0 Å². The second-order valence-corrected chi connectivity index (χ2v) is 7.80. The fraction of sp³-hybridized carbons (Fsp3) is 0.286. The molecule has 30 heavy (non-hydrogen) atoms. The van der Waals surface area contributed by atoms with Crippen LogP contribution >= 0.6 is 0 Å². The van der Waals surface area contributed by atoms with Gasteiger partial charge in [-0.25, -0.2) is 19.9 Å². The van der Waals surface area contributed by atoms with Gasteiger partial charge in [-0.1, -0.05) is 0 Å². The standard InChI is InChI=1S/C21H21N9/c1-12-10-30(11-25-12)16-4-7-23-20-18(16)26-21(27-20)17-15-8-14(9-24-19(15)29-28-17)13-2-5-22-6-3-13/h4,7-11,13,22H,2-3,5-6H2,1H3,(H,23,26,27)(H,24,28,29). The van der Waals surface area contributed by atoms with Crippen molar-refractivity contribution in [2.75, 3.05) is 13.1 Å². The van der Waals surface area contributed by atoms with Gasteiger partial charge in [0.05, 0.1) is 23.1 Å². The van der Waals surface area contributed by atoms with Gasteiger partial charge in [0.1, 0.15) is 11.2 Å². The van der Waals surface area contributed by atoms with Crippen LogP contribution in [0.15, 0.2) is 37.1 Å². The smallest absolute Gasteiger partial charge is 0.181 e. The van der Waals surface area contributed by atoms with Crippen molar-refractivity contribution < 1.29 is 0 Å². The molecule has 5 aromatic heterocycles. The van der Waals surface area contributed by atoms with Gasteiger partial charge in [0.25, 0.3) is 0 Å². The number of aryl methyl sites for hydroxylation is 1. The second-order valence-electron chi connectivity index (χ2n) is 7.80. The minimum atomic E-state index is 0.527. The van der Waals surface area contributed by atoms with E-state index in [-0.39, 0.29) is 0 Å². The molecule has 0 aliphatic carbocycles. The molecule has 0 amide bonds. The molecule has 1 fully saturated rings. The monoisotopic (exact) mass is 399 g/mol. The van der Waals surface area contributed by atoms with Crippen LogP contribution in [0.2, 0.25) is 0 Å². The highest BCUT2D eigenvalue weighted by Gasteiger charge is 2.19. The molecule has 1 aliphatic rings. The summed E-state index contributed by atoms with van der Waals surface area (Å²) in [5.41, 5.74) is 6.21.